The fourth-order valence-corrected chi connectivity index (χ4v) is 3.33. The van der Waals surface area contributed by atoms with Crippen LogP contribution in [0.2, 0.25) is 0 Å². The minimum atomic E-state index is -3.55. The summed E-state index contributed by atoms with van der Waals surface area (Å²) in [6, 6.07) is 8.20. The van der Waals surface area contributed by atoms with Crippen LogP contribution in [0.1, 0.15) is 12.8 Å². The smallest absolute Gasteiger partial charge is 0.413 e. The summed E-state index contributed by atoms with van der Waals surface area (Å²) < 4.78 is 22.9. The fourth-order valence-electron chi connectivity index (χ4n) is 2.08. The van der Waals surface area contributed by atoms with Crippen LogP contribution in [0.4, 0.5) is 0 Å². The van der Waals surface area contributed by atoms with E-state index in [4.69, 9.17) is 9.05 Å². The molecule has 1 aliphatic heterocycles. The van der Waals surface area contributed by atoms with Gasteiger partial charge in [-0.25, -0.2) is 4.57 Å². The first-order chi connectivity index (χ1) is 9.54. The molecule has 0 radical (unpaired) electrons. The van der Waals surface area contributed by atoms with Gasteiger partial charge in [-0.05, 0) is 25.0 Å². The fraction of sp³-hybridized carbons (Fsp3) is 0.462. The van der Waals surface area contributed by atoms with Crippen molar-refractivity contribution >= 4 is 13.7 Å². The third-order valence-corrected chi connectivity index (χ3v) is 4.74. The molecule has 1 aliphatic rings. The van der Waals surface area contributed by atoms with Crippen LogP contribution in [0.3, 0.4) is 0 Å². The van der Waals surface area contributed by atoms with Gasteiger partial charge in [-0.2, -0.15) is 5.09 Å². The highest BCUT2D eigenvalue weighted by Crippen LogP contribution is 2.44. The monoisotopic (exact) mass is 298 g/mol. The van der Waals surface area contributed by atoms with Crippen LogP contribution < -0.4 is 9.61 Å². The Morgan fingerprint density at radius 1 is 1.35 bits per heavy atom. The normalized spacial score (nSPS) is 22.4. The average Bonchev–Trinajstić information content (AvgIpc) is 2.45. The van der Waals surface area contributed by atoms with E-state index >= 15 is 0 Å². The summed E-state index contributed by atoms with van der Waals surface area (Å²) in [5.41, 5.74) is 0. The van der Waals surface area contributed by atoms with E-state index in [1.807, 2.05) is 6.07 Å². The van der Waals surface area contributed by atoms with E-state index in [9.17, 15) is 9.36 Å². The molecule has 1 amide bonds. The van der Waals surface area contributed by atoms with Crippen molar-refractivity contribution in [3.63, 3.8) is 0 Å². The van der Waals surface area contributed by atoms with Gasteiger partial charge >= 0.3 is 7.75 Å². The Bertz CT molecular complexity index is 508. The molecule has 0 aliphatic carbocycles. The van der Waals surface area contributed by atoms with Crippen molar-refractivity contribution in [2.75, 3.05) is 20.7 Å². The Kier molecular flexibility index (Phi) is 4.81. The summed E-state index contributed by atoms with van der Waals surface area (Å²) in [6.45, 7) is 0.716. The molecule has 20 heavy (non-hydrogen) atoms. The Morgan fingerprint density at radius 2 is 2.05 bits per heavy atom. The third-order valence-electron chi connectivity index (χ3n) is 3.18. The molecule has 2 atom stereocenters. The van der Waals surface area contributed by atoms with Crippen molar-refractivity contribution in [2.45, 2.75) is 18.9 Å². The second-order valence-electron chi connectivity index (χ2n) is 4.67. The molecular weight excluding hydrogens is 279 g/mol. The van der Waals surface area contributed by atoms with Crippen molar-refractivity contribution < 1.29 is 18.4 Å². The quantitative estimate of drug-likeness (QED) is 0.842. The Balaban J connectivity index is 2.07. The topological polar surface area (TPSA) is 67.9 Å². The molecule has 0 bridgehead atoms. The second-order valence-corrected chi connectivity index (χ2v) is 6.47. The number of carbonyl (C=O) groups is 1. The summed E-state index contributed by atoms with van der Waals surface area (Å²) in [4.78, 5) is 13.6. The van der Waals surface area contributed by atoms with Gasteiger partial charge in [-0.15, -0.1) is 0 Å². The molecule has 1 aromatic carbocycles. The molecule has 2 unspecified atom stereocenters. The summed E-state index contributed by atoms with van der Waals surface area (Å²) in [5, 5.41) is 2.73. The summed E-state index contributed by atoms with van der Waals surface area (Å²) >= 11 is 0. The number of hydrogen-bond acceptors (Lipinski definition) is 4. The number of likely N-dealkylation sites (tertiary alicyclic amines) is 1. The van der Waals surface area contributed by atoms with Crippen LogP contribution in [0.25, 0.3) is 0 Å². The van der Waals surface area contributed by atoms with E-state index in [0.29, 0.717) is 18.7 Å². The van der Waals surface area contributed by atoms with Crippen LogP contribution in [0, 0.1) is 0 Å². The molecule has 0 spiro atoms. The number of likely N-dealkylation sites (N-methyl/N-ethyl adjacent to an activating group) is 1. The highest BCUT2D eigenvalue weighted by molar-refractivity contribution is 7.52. The molecular formula is C13H19N2O4P. The first-order valence-electron chi connectivity index (χ1n) is 6.47. The molecule has 7 heteroatoms. The summed E-state index contributed by atoms with van der Waals surface area (Å²) in [6.07, 6.45) is 1.48. The first-order valence-corrected chi connectivity index (χ1v) is 8.01. The predicted molar refractivity (Wildman–Crippen MR) is 75.5 cm³/mol. The van der Waals surface area contributed by atoms with Gasteiger partial charge in [0, 0.05) is 20.7 Å². The number of piperidine rings is 1. The van der Waals surface area contributed by atoms with Gasteiger partial charge in [0.2, 0.25) is 5.91 Å². The largest absolute Gasteiger partial charge is 0.459 e. The van der Waals surface area contributed by atoms with Gasteiger partial charge < -0.3 is 9.42 Å². The maximum Gasteiger partial charge on any atom is 0.459 e. The second kappa shape index (κ2) is 6.39. The predicted octanol–water partition coefficient (Wildman–Crippen LogP) is 2.03. The zero-order valence-electron chi connectivity index (χ0n) is 11.6. The van der Waals surface area contributed by atoms with Gasteiger partial charge in [0.25, 0.3) is 0 Å². The highest BCUT2D eigenvalue weighted by atomic mass is 31.2. The van der Waals surface area contributed by atoms with E-state index < -0.39 is 13.8 Å². The number of carbonyl (C=O) groups excluding carboxylic acids is 1. The maximum absolute atomic E-state index is 12.5. The first kappa shape index (κ1) is 15.0. The van der Waals surface area contributed by atoms with E-state index in [2.05, 4.69) is 5.09 Å². The number of amides is 1. The van der Waals surface area contributed by atoms with Crippen LogP contribution in [0.5, 0.6) is 5.75 Å². The van der Waals surface area contributed by atoms with E-state index in [0.717, 1.165) is 6.42 Å². The number of benzene rings is 1. The van der Waals surface area contributed by atoms with Crippen LogP contribution in [-0.4, -0.2) is 37.6 Å². The molecule has 6 nitrogen and oxygen atoms in total. The molecule has 1 fully saturated rings. The summed E-state index contributed by atoms with van der Waals surface area (Å²) in [7, 11) is -0.525. The minimum absolute atomic E-state index is 0.0924. The summed E-state index contributed by atoms with van der Waals surface area (Å²) in [5.74, 6) is 0.340. The van der Waals surface area contributed by atoms with Crippen molar-refractivity contribution in [1.29, 1.82) is 0 Å². The van der Waals surface area contributed by atoms with E-state index in [1.54, 1.807) is 36.2 Å². The molecule has 0 saturated carbocycles. The highest BCUT2D eigenvalue weighted by Gasteiger charge is 2.35. The maximum atomic E-state index is 12.5. The number of nitrogens with zero attached hydrogens (tertiary/aromatic N) is 1. The molecule has 1 aromatic rings. The SMILES string of the molecule is COP(=O)(NC1CCCN(C)C1=O)Oc1ccccc1. The molecule has 1 saturated heterocycles. The van der Waals surface area contributed by atoms with Gasteiger partial charge in [-0.3, -0.25) is 9.32 Å². The average molecular weight is 298 g/mol. The van der Waals surface area contributed by atoms with Gasteiger partial charge in [-0.1, -0.05) is 18.2 Å². The van der Waals surface area contributed by atoms with Gasteiger partial charge in [0.05, 0.1) is 6.04 Å². The number of rotatable bonds is 5. The third kappa shape index (κ3) is 3.60. The number of para-hydroxylation sites is 1. The zero-order valence-corrected chi connectivity index (χ0v) is 12.5. The van der Waals surface area contributed by atoms with Crippen molar-refractivity contribution in [1.82, 2.24) is 9.99 Å². The molecule has 1 heterocycles. The van der Waals surface area contributed by atoms with Crippen LogP contribution >= 0.6 is 7.75 Å². The van der Waals surface area contributed by atoms with E-state index in [-0.39, 0.29) is 5.91 Å². The number of hydrogen-bond donors (Lipinski definition) is 1. The Hall–Kier alpha value is -1.36. The van der Waals surface area contributed by atoms with Crippen molar-refractivity contribution in [3.8, 4) is 5.75 Å². The van der Waals surface area contributed by atoms with Crippen LogP contribution in [-0.2, 0) is 13.9 Å². The van der Waals surface area contributed by atoms with Crippen molar-refractivity contribution in [2.24, 2.45) is 0 Å². The molecule has 2 rings (SSSR count). The van der Waals surface area contributed by atoms with Crippen molar-refractivity contribution in [3.05, 3.63) is 30.3 Å². The lowest BCUT2D eigenvalue weighted by atomic mass is 10.1. The van der Waals surface area contributed by atoms with Gasteiger partial charge in [0.15, 0.2) is 0 Å². The van der Waals surface area contributed by atoms with E-state index in [1.165, 1.54) is 7.11 Å². The lowest BCUT2D eigenvalue weighted by Crippen LogP contribution is -2.48. The zero-order chi connectivity index (χ0) is 14.6. The standard InChI is InChI=1S/C13H19N2O4P/c1-15-10-6-9-12(13(15)16)14-20(17,18-2)19-11-7-4-3-5-8-11/h3-5,7-8,12H,6,9-10H2,1-2H3,(H,14,17). The Morgan fingerprint density at radius 3 is 2.70 bits per heavy atom. The number of nitrogens with one attached hydrogen (secondary N) is 1. The Labute approximate surface area is 118 Å². The van der Waals surface area contributed by atoms with Gasteiger partial charge in [0.1, 0.15) is 5.75 Å². The lowest BCUT2D eigenvalue weighted by Gasteiger charge is -2.31. The minimum Gasteiger partial charge on any atom is -0.413 e. The molecule has 1 N–H and O–H groups in total. The molecule has 110 valence electrons. The van der Waals surface area contributed by atoms with Crippen LogP contribution in [0.15, 0.2) is 30.3 Å². The molecule has 0 aromatic heterocycles. The lowest BCUT2D eigenvalue weighted by molar-refractivity contribution is -0.134.